The van der Waals surface area contributed by atoms with Crippen molar-refractivity contribution in [2.75, 3.05) is 4.90 Å². The lowest BCUT2D eigenvalue weighted by molar-refractivity contribution is -0.123. The van der Waals surface area contributed by atoms with Crippen molar-refractivity contribution >= 4 is 50.0 Å². The summed E-state index contributed by atoms with van der Waals surface area (Å²) in [6.45, 7) is 7.15. The van der Waals surface area contributed by atoms with Gasteiger partial charge in [-0.1, -0.05) is 49.8 Å². The second-order valence-electron chi connectivity index (χ2n) is 8.24. The third kappa shape index (κ3) is 3.28. The molecule has 3 aromatic rings. The summed E-state index contributed by atoms with van der Waals surface area (Å²) in [5.41, 5.74) is 1.28. The normalized spacial score (nSPS) is 17.3. The third-order valence-electron chi connectivity index (χ3n) is 4.97. The highest BCUT2D eigenvalue weighted by atomic mass is 35.5. The number of aliphatic hydroxyl groups is 1. The molecule has 1 unspecified atom stereocenters. The fraction of sp³-hybridized carbons (Fsp3) is 0.273. The number of aromatic nitrogens is 2. The highest BCUT2D eigenvalue weighted by Gasteiger charge is 2.48. The van der Waals surface area contributed by atoms with Crippen LogP contribution in [0.25, 0.3) is 10.2 Å². The molecule has 1 atom stereocenters. The molecule has 6 nitrogen and oxygen atoms in total. The smallest absolute Gasteiger partial charge is 0.296 e. The Morgan fingerprint density at radius 3 is 2.63 bits per heavy atom. The second-order valence-corrected chi connectivity index (χ2v) is 9.66. The van der Waals surface area contributed by atoms with Crippen LogP contribution in [0.5, 0.6) is 0 Å². The summed E-state index contributed by atoms with van der Waals surface area (Å²) in [7, 11) is 0. The van der Waals surface area contributed by atoms with Crippen LogP contribution in [0.3, 0.4) is 0 Å². The van der Waals surface area contributed by atoms with Gasteiger partial charge in [0.05, 0.1) is 21.5 Å². The van der Waals surface area contributed by atoms with E-state index in [1.807, 2.05) is 13.0 Å². The topological polar surface area (TPSA) is 83.4 Å². The highest BCUT2D eigenvalue weighted by molar-refractivity contribution is 7.22. The van der Waals surface area contributed by atoms with Gasteiger partial charge in [0.15, 0.2) is 16.7 Å². The first-order chi connectivity index (χ1) is 14.1. The number of benzene rings is 1. The van der Waals surface area contributed by atoms with E-state index < -0.39 is 23.1 Å². The lowest BCUT2D eigenvalue weighted by Crippen LogP contribution is -2.33. The Hall–Kier alpha value is -2.77. The van der Waals surface area contributed by atoms with Crippen molar-refractivity contribution in [2.45, 2.75) is 33.7 Å². The Morgan fingerprint density at radius 2 is 2.00 bits per heavy atom. The number of anilines is 1. The summed E-state index contributed by atoms with van der Waals surface area (Å²) in [5, 5.41) is 11.7. The molecule has 0 spiro atoms. The number of nitrogens with zero attached hydrogens (tertiary/aromatic N) is 3. The number of amides is 1. The van der Waals surface area contributed by atoms with Gasteiger partial charge in [-0.05, 0) is 36.8 Å². The standard InChI is InChI=1S/C22H20ClN3O3S/c1-11-9-15-14(10-12(11)23)25-21(30-15)26-17(13-7-5-6-8-24-13)16(18(27)20(26)29)19(28)22(2,3)4/h5-10,17,27H,1-4H3. The van der Waals surface area contributed by atoms with E-state index >= 15 is 0 Å². The second kappa shape index (κ2) is 7.18. The predicted molar refractivity (Wildman–Crippen MR) is 118 cm³/mol. The number of aryl methyl sites for hydroxylation is 1. The summed E-state index contributed by atoms with van der Waals surface area (Å²) in [5.74, 6) is -1.54. The van der Waals surface area contributed by atoms with Crippen LogP contribution < -0.4 is 4.90 Å². The predicted octanol–water partition coefficient (Wildman–Crippen LogP) is 5.17. The first-order valence-corrected chi connectivity index (χ1v) is 10.6. The number of aliphatic hydroxyl groups excluding tert-OH is 1. The largest absolute Gasteiger partial charge is 0.503 e. The van der Waals surface area contributed by atoms with Gasteiger partial charge >= 0.3 is 0 Å². The van der Waals surface area contributed by atoms with E-state index in [2.05, 4.69) is 9.97 Å². The zero-order valence-electron chi connectivity index (χ0n) is 16.9. The Kier molecular flexibility index (Phi) is 4.91. The molecular weight excluding hydrogens is 422 g/mol. The van der Waals surface area contributed by atoms with Gasteiger partial charge in [0, 0.05) is 16.6 Å². The first-order valence-electron chi connectivity index (χ1n) is 9.38. The molecule has 3 heterocycles. The molecule has 154 valence electrons. The number of rotatable bonds is 3. The number of carbonyl (C=O) groups is 2. The SMILES string of the molecule is Cc1cc2sc(N3C(=O)C(O)=C(C(=O)C(C)(C)C)C3c3ccccn3)nc2cc1Cl. The van der Waals surface area contributed by atoms with Crippen molar-refractivity contribution in [3.05, 3.63) is 64.1 Å². The van der Waals surface area contributed by atoms with Crippen LogP contribution in [0.15, 0.2) is 47.9 Å². The van der Waals surface area contributed by atoms with Gasteiger partial charge in [-0.15, -0.1) is 0 Å². The van der Waals surface area contributed by atoms with Gasteiger partial charge in [-0.2, -0.15) is 0 Å². The third-order valence-corrected chi connectivity index (χ3v) is 6.39. The van der Waals surface area contributed by atoms with Crippen LogP contribution in [0, 0.1) is 12.3 Å². The molecule has 0 saturated carbocycles. The van der Waals surface area contributed by atoms with E-state index in [0.717, 1.165) is 10.3 Å². The molecule has 1 amide bonds. The van der Waals surface area contributed by atoms with E-state index in [1.54, 1.807) is 51.2 Å². The lowest BCUT2D eigenvalue weighted by atomic mass is 9.83. The van der Waals surface area contributed by atoms with Crippen LogP contribution >= 0.6 is 22.9 Å². The Labute approximate surface area is 182 Å². The van der Waals surface area contributed by atoms with Gasteiger partial charge in [0.1, 0.15) is 6.04 Å². The summed E-state index contributed by atoms with van der Waals surface area (Å²) >= 11 is 7.53. The Morgan fingerprint density at radius 1 is 1.27 bits per heavy atom. The first kappa shape index (κ1) is 20.5. The lowest BCUT2D eigenvalue weighted by Gasteiger charge is -2.26. The summed E-state index contributed by atoms with van der Waals surface area (Å²) < 4.78 is 0.856. The van der Waals surface area contributed by atoms with E-state index in [4.69, 9.17) is 11.6 Å². The zero-order valence-corrected chi connectivity index (χ0v) is 18.5. The molecule has 1 N–H and O–H groups in total. The minimum Gasteiger partial charge on any atom is -0.503 e. The number of thiazole rings is 1. The quantitative estimate of drug-likeness (QED) is 0.606. The Balaban J connectivity index is 1.91. The number of carbonyl (C=O) groups excluding carboxylic acids is 2. The number of hydrogen-bond donors (Lipinski definition) is 1. The van der Waals surface area contributed by atoms with Crippen molar-refractivity contribution in [1.82, 2.24) is 9.97 Å². The molecule has 1 aliphatic rings. The average molecular weight is 442 g/mol. The molecule has 1 aromatic carbocycles. The average Bonchev–Trinajstić information content (AvgIpc) is 3.20. The molecule has 8 heteroatoms. The summed E-state index contributed by atoms with van der Waals surface area (Å²) in [6.07, 6.45) is 1.59. The van der Waals surface area contributed by atoms with Crippen molar-refractivity contribution in [3.63, 3.8) is 0 Å². The molecule has 2 aromatic heterocycles. The fourth-order valence-corrected chi connectivity index (χ4v) is 4.63. The summed E-state index contributed by atoms with van der Waals surface area (Å²) in [4.78, 5) is 36.6. The molecule has 0 bridgehead atoms. The van der Waals surface area contributed by atoms with Crippen LogP contribution in [0.2, 0.25) is 5.02 Å². The molecule has 30 heavy (non-hydrogen) atoms. The summed E-state index contributed by atoms with van der Waals surface area (Å²) in [6, 6.07) is 8.06. The molecular formula is C22H20ClN3O3S. The van der Waals surface area contributed by atoms with E-state index in [1.165, 1.54) is 16.2 Å². The van der Waals surface area contributed by atoms with Gasteiger partial charge in [0.2, 0.25) is 0 Å². The number of halogens is 1. The van der Waals surface area contributed by atoms with Crippen molar-refractivity contribution < 1.29 is 14.7 Å². The number of Topliss-reactive ketones (excluding diaryl/α,β-unsaturated/α-hetero) is 1. The maximum atomic E-state index is 13.2. The molecule has 0 aliphatic carbocycles. The van der Waals surface area contributed by atoms with Crippen molar-refractivity contribution in [1.29, 1.82) is 0 Å². The van der Waals surface area contributed by atoms with Crippen LogP contribution in [0.1, 0.15) is 38.1 Å². The maximum Gasteiger partial charge on any atom is 0.296 e. The zero-order chi connectivity index (χ0) is 21.8. The molecule has 0 fully saturated rings. The highest BCUT2D eigenvalue weighted by Crippen LogP contribution is 2.45. The van der Waals surface area contributed by atoms with Gasteiger partial charge in [-0.25, -0.2) is 4.98 Å². The van der Waals surface area contributed by atoms with Crippen LogP contribution in [-0.4, -0.2) is 26.8 Å². The van der Waals surface area contributed by atoms with Gasteiger partial charge in [-0.3, -0.25) is 19.5 Å². The van der Waals surface area contributed by atoms with E-state index in [-0.39, 0.29) is 11.4 Å². The van der Waals surface area contributed by atoms with Gasteiger partial charge in [0.25, 0.3) is 5.91 Å². The number of ketones is 1. The maximum absolute atomic E-state index is 13.2. The monoisotopic (exact) mass is 441 g/mol. The molecule has 0 radical (unpaired) electrons. The fourth-order valence-electron chi connectivity index (χ4n) is 3.40. The van der Waals surface area contributed by atoms with E-state index in [0.29, 0.717) is 21.4 Å². The molecule has 0 saturated heterocycles. The van der Waals surface area contributed by atoms with Crippen molar-refractivity contribution in [2.24, 2.45) is 5.41 Å². The minimum absolute atomic E-state index is 0.0414. The number of fused-ring (bicyclic) bond motifs is 1. The van der Waals surface area contributed by atoms with Crippen LogP contribution in [0.4, 0.5) is 5.13 Å². The van der Waals surface area contributed by atoms with Gasteiger partial charge < -0.3 is 5.11 Å². The minimum atomic E-state index is -0.859. The molecule has 4 rings (SSSR count). The number of hydrogen-bond acceptors (Lipinski definition) is 6. The Bertz CT molecular complexity index is 1170. The van der Waals surface area contributed by atoms with E-state index in [9.17, 15) is 14.7 Å². The van der Waals surface area contributed by atoms with Crippen LogP contribution in [-0.2, 0) is 9.59 Å². The number of pyridine rings is 1. The van der Waals surface area contributed by atoms with Crippen molar-refractivity contribution in [3.8, 4) is 0 Å². The molecule has 1 aliphatic heterocycles.